The highest BCUT2D eigenvalue weighted by Gasteiger charge is 2.18. The minimum atomic E-state index is -0.783. The molecular weight excluding hydrogens is 378 g/mol. The van der Waals surface area contributed by atoms with E-state index in [1.54, 1.807) is 19.9 Å². The quantitative estimate of drug-likeness (QED) is 0.392. The van der Waals surface area contributed by atoms with Gasteiger partial charge in [-0.2, -0.15) is 10.1 Å². The highest BCUT2D eigenvalue weighted by Crippen LogP contribution is 2.32. The Bertz CT molecular complexity index is 1110. The first-order valence-corrected chi connectivity index (χ1v) is 7.85. The molecule has 0 bridgehead atoms. The molecule has 27 heavy (non-hydrogen) atoms. The lowest BCUT2D eigenvalue weighted by Gasteiger charge is -2.01. The van der Waals surface area contributed by atoms with Crippen LogP contribution in [0.3, 0.4) is 0 Å². The Balaban J connectivity index is 1.82. The zero-order valence-electron chi connectivity index (χ0n) is 14.0. The molecule has 0 radical (unpaired) electrons. The minimum absolute atomic E-state index is 0.0335. The van der Waals surface area contributed by atoms with Crippen molar-refractivity contribution in [2.75, 3.05) is 0 Å². The molecule has 0 fully saturated rings. The van der Waals surface area contributed by atoms with Crippen molar-refractivity contribution in [1.29, 1.82) is 0 Å². The smallest absolute Gasteiger partial charge is 0.312 e. The van der Waals surface area contributed by atoms with Gasteiger partial charge in [0.15, 0.2) is 0 Å². The monoisotopic (exact) mass is 389 g/mol. The van der Waals surface area contributed by atoms with Gasteiger partial charge in [0.25, 0.3) is 5.78 Å². The summed E-state index contributed by atoms with van der Waals surface area (Å²) in [6, 6.07) is 4.06. The number of fused-ring (bicyclic) bond motifs is 1. The second-order valence-corrected chi connectivity index (χ2v) is 5.94. The molecule has 2 N–H and O–H groups in total. The Kier molecular flexibility index (Phi) is 4.69. The topological polar surface area (TPSA) is 148 Å². The fourth-order valence-electron chi connectivity index (χ4n) is 2.32. The molecule has 0 spiro atoms. The molecule has 3 rings (SSSR count). The number of amides is 1. The van der Waals surface area contributed by atoms with Crippen molar-refractivity contribution in [3.63, 3.8) is 0 Å². The van der Waals surface area contributed by atoms with E-state index >= 15 is 0 Å². The molecule has 0 atom stereocenters. The fourth-order valence-corrected chi connectivity index (χ4v) is 2.54. The maximum atomic E-state index is 12.1. The number of aryl methyl sites for hydroxylation is 2. The molecule has 0 unspecified atom stereocenters. The van der Waals surface area contributed by atoms with Gasteiger partial charge >= 0.3 is 11.6 Å². The van der Waals surface area contributed by atoms with Crippen LogP contribution in [0.4, 0.5) is 5.69 Å². The van der Waals surface area contributed by atoms with Gasteiger partial charge in [0.05, 0.1) is 11.1 Å². The number of carbonyl (C=O) groups is 1. The number of carbonyl (C=O) groups excluding carboxylic acids is 1. The van der Waals surface area contributed by atoms with Crippen LogP contribution in [0.5, 0.6) is 5.75 Å². The van der Waals surface area contributed by atoms with Crippen LogP contribution in [-0.4, -0.2) is 41.7 Å². The molecule has 0 saturated heterocycles. The number of phenolic OH excluding ortho intramolecular Hbond substituents is 1. The molecule has 138 valence electrons. The molecule has 1 aromatic carbocycles. The number of rotatable bonds is 4. The zero-order valence-corrected chi connectivity index (χ0v) is 14.8. The first-order valence-electron chi connectivity index (χ1n) is 7.47. The molecule has 2 aromatic heterocycles. The molecule has 3 aromatic rings. The number of nitrogens with zero attached hydrogens (tertiary/aromatic N) is 6. The third-order valence-corrected chi connectivity index (χ3v) is 3.69. The second-order valence-electron chi connectivity index (χ2n) is 5.51. The normalized spacial score (nSPS) is 11.2. The average molecular weight is 390 g/mol. The number of benzene rings is 1. The van der Waals surface area contributed by atoms with Gasteiger partial charge in [-0.05, 0) is 26.0 Å². The second kappa shape index (κ2) is 6.96. The Labute approximate surface area is 156 Å². The predicted octanol–water partition coefficient (Wildman–Crippen LogP) is 1.77. The molecule has 11 nitrogen and oxygen atoms in total. The van der Waals surface area contributed by atoms with Gasteiger partial charge in [-0.15, -0.1) is 5.10 Å². The number of nitro benzene ring substituents is 1. The van der Waals surface area contributed by atoms with Crippen LogP contribution in [-0.2, 0) is 0 Å². The lowest BCUT2D eigenvalue weighted by molar-refractivity contribution is -0.385. The first-order chi connectivity index (χ1) is 12.8. The number of hydrogen-bond donors (Lipinski definition) is 2. The minimum Gasteiger partial charge on any atom is -0.502 e. The highest BCUT2D eigenvalue weighted by atomic mass is 35.5. The standard InChI is InChI=1S/C15H12ClN7O4/c1-7-3-8(2)22-15(18-7)19-13(21-22)14(25)20-17-6-9-4-10(16)5-11(12(9)24)23(26)27/h3-6,24H,1-2H3,(H,20,25). The van der Waals surface area contributed by atoms with Crippen molar-refractivity contribution in [3.8, 4) is 5.75 Å². The van der Waals surface area contributed by atoms with Crippen molar-refractivity contribution in [3.05, 3.63) is 56.1 Å². The van der Waals surface area contributed by atoms with E-state index in [1.165, 1.54) is 10.6 Å². The van der Waals surface area contributed by atoms with Crippen LogP contribution in [0.1, 0.15) is 27.6 Å². The third kappa shape index (κ3) is 3.67. The Morgan fingerprint density at radius 2 is 2.11 bits per heavy atom. The average Bonchev–Trinajstić information content (AvgIpc) is 3.01. The van der Waals surface area contributed by atoms with Gasteiger partial charge in [-0.3, -0.25) is 14.9 Å². The third-order valence-electron chi connectivity index (χ3n) is 3.47. The van der Waals surface area contributed by atoms with Gasteiger partial charge in [0, 0.05) is 28.0 Å². The number of aromatic nitrogens is 4. The van der Waals surface area contributed by atoms with Crippen molar-refractivity contribution < 1.29 is 14.8 Å². The summed E-state index contributed by atoms with van der Waals surface area (Å²) < 4.78 is 1.41. The summed E-state index contributed by atoms with van der Waals surface area (Å²) in [5.74, 6) is -1.23. The summed E-state index contributed by atoms with van der Waals surface area (Å²) in [6.45, 7) is 3.59. The van der Waals surface area contributed by atoms with Crippen molar-refractivity contribution in [2.45, 2.75) is 13.8 Å². The van der Waals surface area contributed by atoms with E-state index in [0.29, 0.717) is 0 Å². The molecule has 12 heteroatoms. The number of phenols is 1. The lowest BCUT2D eigenvalue weighted by atomic mass is 10.2. The largest absolute Gasteiger partial charge is 0.502 e. The summed E-state index contributed by atoms with van der Waals surface area (Å²) in [5.41, 5.74) is 3.05. The Morgan fingerprint density at radius 3 is 2.81 bits per heavy atom. The number of aromatic hydroxyl groups is 1. The molecule has 0 aliphatic rings. The van der Waals surface area contributed by atoms with Crippen LogP contribution < -0.4 is 5.43 Å². The molecule has 0 aliphatic carbocycles. The molecular formula is C15H12ClN7O4. The van der Waals surface area contributed by atoms with Gasteiger partial charge in [-0.1, -0.05) is 11.6 Å². The summed E-state index contributed by atoms with van der Waals surface area (Å²) in [7, 11) is 0. The fraction of sp³-hybridized carbons (Fsp3) is 0.133. The van der Waals surface area contributed by atoms with Gasteiger partial charge in [0.1, 0.15) is 0 Å². The van der Waals surface area contributed by atoms with Gasteiger partial charge in [-0.25, -0.2) is 14.9 Å². The number of halogens is 1. The van der Waals surface area contributed by atoms with Crippen LogP contribution in [0, 0.1) is 24.0 Å². The summed E-state index contributed by atoms with van der Waals surface area (Å²) >= 11 is 5.78. The van der Waals surface area contributed by atoms with E-state index in [-0.39, 0.29) is 22.2 Å². The maximum absolute atomic E-state index is 12.1. The summed E-state index contributed by atoms with van der Waals surface area (Å²) in [6.07, 6.45) is 1.02. The van der Waals surface area contributed by atoms with E-state index < -0.39 is 22.3 Å². The van der Waals surface area contributed by atoms with E-state index in [9.17, 15) is 20.0 Å². The molecule has 1 amide bonds. The van der Waals surface area contributed by atoms with Crippen molar-refractivity contribution in [1.82, 2.24) is 25.0 Å². The van der Waals surface area contributed by atoms with Gasteiger partial charge < -0.3 is 5.11 Å². The first kappa shape index (κ1) is 18.2. The van der Waals surface area contributed by atoms with Crippen LogP contribution in [0.15, 0.2) is 23.3 Å². The number of hydrazone groups is 1. The van der Waals surface area contributed by atoms with E-state index in [2.05, 4.69) is 25.6 Å². The van der Waals surface area contributed by atoms with Crippen molar-refractivity contribution in [2.24, 2.45) is 5.10 Å². The SMILES string of the molecule is Cc1cc(C)n2nc(C(=O)NN=Cc3cc(Cl)cc([N+](=O)[O-])c3O)nc2n1. The Hall–Kier alpha value is -3.60. The summed E-state index contributed by atoms with van der Waals surface area (Å²) in [5, 5.41) is 28.5. The number of nitro groups is 1. The van der Waals surface area contributed by atoms with Crippen molar-refractivity contribution >= 4 is 35.2 Å². The molecule has 2 heterocycles. The van der Waals surface area contributed by atoms with Crippen LogP contribution in [0.2, 0.25) is 5.02 Å². The van der Waals surface area contributed by atoms with Crippen LogP contribution in [0.25, 0.3) is 5.78 Å². The predicted molar refractivity (Wildman–Crippen MR) is 95.1 cm³/mol. The number of hydrogen-bond acceptors (Lipinski definition) is 8. The van der Waals surface area contributed by atoms with E-state index in [0.717, 1.165) is 23.7 Å². The number of nitrogens with one attached hydrogen (secondary N) is 1. The van der Waals surface area contributed by atoms with E-state index in [1.807, 2.05) is 0 Å². The van der Waals surface area contributed by atoms with Gasteiger partial charge in [0.2, 0.25) is 11.6 Å². The Morgan fingerprint density at radius 1 is 1.37 bits per heavy atom. The molecule has 0 saturated carbocycles. The van der Waals surface area contributed by atoms with Crippen LogP contribution >= 0.6 is 11.6 Å². The maximum Gasteiger partial charge on any atom is 0.312 e. The molecule has 0 aliphatic heterocycles. The lowest BCUT2D eigenvalue weighted by Crippen LogP contribution is -2.19. The zero-order chi connectivity index (χ0) is 19.7. The highest BCUT2D eigenvalue weighted by molar-refractivity contribution is 6.31. The van der Waals surface area contributed by atoms with E-state index in [4.69, 9.17) is 11.6 Å². The summed E-state index contributed by atoms with van der Waals surface area (Å²) in [4.78, 5) is 30.4.